The number of aromatic nitrogens is 2. The predicted molar refractivity (Wildman–Crippen MR) is 146 cm³/mol. The van der Waals surface area contributed by atoms with Gasteiger partial charge in [0.1, 0.15) is 22.6 Å². The van der Waals surface area contributed by atoms with Crippen LogP contribution < -0.4 is 10.2 Å². The second-order valence-electron chi connectivity index (χ2n) is 10.8. The van der Waals surface area contributed by atoms with E-state index in [1.54, 1.807) is 26.8 Å². The Balaban J connectivity index is 1.11. The lowest BCUT2D eigenvalue weighted by molar-refractivity contribution is -0.128. The van der Waals surface area contributed by atoms with Crippen LogP contribution in [-0.2, 0) is 10.2 Å². The number of fused-ring (bicyclic) bond motifs is 2. The zero-order chi connectivity index (χ0) is 28.9. The number of hydrogen-bond donors (Lipinski definition) is 1. The molecule has 2 fully saturated rings. The van der Waals surface area contributed by atoms with E-state index in [0.717, 1.165) is 6.20 Å². The first-order valence-corrected chi connectivity index (χ1v) is 14.5. The minimum absolute atomic E-state index is 0.0959. The van der Waals surface area contributed by atoms with Gasteiger partial charge >= 0.3 is 0 Å². The first-order valence-electron chi connectivity index (χ1n) is 13.2. The number of benzene rings is 1. The highest BCUT2D eigenvalue weighted by molar-refractivity contribution is 7.07. The molecule has 0 unspecified atom stereocenters. The lowest BCUT2D eigenvalue weighted by Crippen LogP contribution is -2.65. The summed E-state index contributed by atoms with van der Waals surface area (Å²) in [6.45, 7) is 0.743. The van der Waals surface area contributed by atoms with Crippen LogP contribution in [0.3, 0.4) is 0 Å². The highest BCUT2D eigenvalue weighted by Crippen LogP contribution is 2.48. The van der Waals surface area contributed by atoms with Crippen molar-refractivity contribution in [2.45, 2.75) is 43.6 Å². The number of rotatable bonds is 6. The average molecular weight is 604 g/mol. The number of nitrogens with one attached hydrogen (secondary N) is 1. The van der Waals surface area contributed by atoms with E-state index in [-0.39, 0.29) is 47.4 Å². The second-order valence-corrected chi connectivity index (χ2v) is 11.9. The van der Waals surface area contributed by atoms with Crippen LogP contribution in [0.25, 0.3) is 0 Å². The van der Waals surface area contributed by atoms with Crippen LogP contribution in [-0.4, -0.2) is 58.3 Å². The molecule has 8 nitrogen and oxygen atoms in total. The van der Waals surface area contributed by atoms with E-state index in [0.29, 0.717) is 49.2 Å². The van der Waals surface area contributed by atoms with Gasteiger partial charge < -0.3 is 15.1 Å². The standard InChI is InChI=1S/C28H25ClF3N5O3S/c29-16-7-19(23(24(31)32)33-9-16)25(38)35-18-4-1-15(2-5-18)10-37-22-6-3-17(30)8-20(22)28(27(37)40)12-36(13-28)26(39)21-11-41-14-34-21/h3,6-9,11,14-15,18,24H,1-2,4-5,10,12-13H2,(H,35,38). The number of amides is 3. The van der Waals surface area contributed by atoms with Crippen molar-refractivity contribution in [2.75, 3.05) is 24.5 Å². The largest absolute Gasteiger partial charge is 0.349 e. The zero-order valence-corrected chi connectivity index (χ0v) is 23.2. The number of pyridine rings is 1. The Morgan fingerprint density at radius 2 is 1.90 bits per heavy atom. The fourth-order valence-electron chi connectivity index (χ4n) is 6.14. The van der Waals surface area contributed by atoms with Crippen LogP contribution in [0.15, 0.2) is 41.4 Å². The monoisotopic (exact) mass is 603 g/mol. The second kappa shape index (κ2) is 10.7. The Morgan fingerprint density at radius 1 is 1.15 bits per heavy atom. The Labute approximate surface area is 242 Å². The molecule has 6 rings (SSSR count). The van der Waals surface area contributed by atoms with Gasteiger partial charge in [0, 0.05) is 42.9 Å². The molecule has 3 amide bonds. The van der Waals surface area contributed by atoms with Gasteiger partial charge in [0.15, 0.2) is 0 Å². The molecule has 41 heavy (non-hydrogen) atoms. The molecule has 1 spiro atoms. The minimum Gasteiger partial charge on any atom is -0.349 e. The lowest BCUT2D eigenvalue weighted by Gasteiger charge is -2.46. The Kier molecular flexibility index (Phi) is 7.23. The Bertz CT molecular complexity index is 1510. The first kappa shape index (κ1) is 27.6. The van der Waals surface area contributed by atoms with Crippen molar-refractivity contribution in [1.82, 2.24) is 20.2 Å². The number of nitrogens with zero attached hydrogens (tertiary/aromatic N) is 4. The summed E-state index contributed by atoms with van der Waals surface area (Å²) in [4.78, 5) is 50.3. The van der Waals surface area contributed by atoms with Gasteiger partial charge in [-0.25, -0.2) is 18.2 Å². The van der Waals surface area contributed by atoms with E-state index in [4.69, 9.17) is 11.6 Å². The molecule has 214 valence electrons. The van der Waals surface area contributed by atoms with Crippen molar-refractivity contribution in [3.05, 3.63) is 74.7 Å². The summed E-state index contributed by atoms with van der Waals surface area (Å²) in [5.74, 6) is -1.37. The van der Waals surface area contributed by atoms with Crippen molar-refractivity contribution in [3.8, 4) is 0 Å². The highest BCUT2D eigenvalue weighted by atomic mass is 35.5. The Hall–Kier alpha value is -3.51. The van der Waals surface area contributed by atoms with Crippen LogP contribution in [0.2, 0.25) is 5.02 Å². The number of alkyl halides is 2. The molecule has 2 aliphatic heterocycles. The summed E-state index contributed by atoms with van der Waals surface area (Å²) in [6.07, 6.45) is 0.780. The topological polar surface area (TPSA) is 95.5 Å². The number of carbonyl (C=O) groups excluding carboxylic acids is 3. The molecule has 13 heteroatoms. The summed E-state index contributed by atoms with van der Waals surface area (Å²) >= 11 is 7.20. The van der Waals surface area contributed by atoms with E-state index in [1.165, 1.54) is 29.5 Å². The van der Waals surface area contributed by atoms with Crippen LogP contribution in [0.1, 0.15) is 64.2 Å². The number of carbonyl (C=O) groups is 3. The fourth-order valence-corrected chi connectivity index (χ4v) is 6.83. The molecule has 2 aromatic heterocycles. The number of thiazole rings is 1. The fraction of sp³-hybridized carbons (Fsp3) is 0.393. The van der Waals surface area contributed by atoms with Gasteiger partial charge in [-0.1, -0.05) is 11.6 Å². The van der Waals surface area contributed by atoms with E-state index in [1.807, 2.05) is 0 Å². The summed E-state index contributed by atoms with van der Waals surface area (Å²) in [5, 5.41) is 4.58. The molecule has 4 heterocycles. The summed E-state index contributed by atoms with van der Waals surface area (Å²) in [5.41, 5.74) is 1.31. The van der Waals surface area contributed by atoms with E-state index < -0.39 is 29.3 Å². The van der Waals surface area contributed by atoms with Crippen LogP contribution in [0.5, 0.6) is 0 Å². The van der Waals surface area contributed by atoms with Crippen molar-refractivity contribution in [3.63, 3.8) is 0 Å². The number of hydrogen-bond acceptors (Lipinski definition) is 6. The molecule has 3 aliphatic rings. The third-order valence-electron chi connectivity index (χ3n) is 8.24. The molecule has 1 saturated carbocycles. The predicted octanol–water partition coefficient (Wildman–Crippen LogP) is 5.00. The smallest absolute Gasteiger partial charge is 0.281 e. The van der Waals surface area contributed by atoms with Gasteiger partial charge in [-0.2, -0.15) is 0 Å². The number of anilines is 1. The van der Waals surface area contributed by atoms with Crippen LogP contribution in [0.4, 0.5) is 18.9 Å². The quantitative estimate of drug-likeness (QED) is 0.428. The van der Waals surface area contributed by atoms with Gasteiger partial charge in [-0.15, -0.1) is 11.3 Å². The molecule has 3 aromatic rings. The summed E-state index contributed by atoms with van der Waals surface area (Å²) in [6, 6.07) is 5.32. The molecule has 0 atom stereocenters. The number of likely N-dealkylation sites (tertiary alicyclic amines) is 1. The summed E-state index contributed by atoms with van der Waals surface area (Å²) < 4.78 is 41.0. The SMILES string of the molecule is O=C(NC1CCC(CN2C(=O)C3(CN(C(=O)c4cscn4)C3)c3cc(F)ccc32)CC1)c1cc(Cl)cnc1C(F)F. The first-order chi connectivity index (χ1) is 19.7. The van der Waals surface area contributed by atoms with Gasteiger partial charge in [0.2, 0.25) is 5.91 Å². The third-order valence-corrected chi connectivity index (χ3v) is 9.03. The van der Waals surface area contributed by atoms with Gasteiger partial charge in [0.05, 0.1) is 16.1 Å². The minimum atomic E-state index is -2.91. The number of halogens is 4. The van der Waals surface area contributed by atoms with E-state index in [2.05, 4.69) is 15.3 Å². The zero-order valence-electron chi connectivity index (χ0n) is 21.7. The maximum atomic E-state index is 14.3. The molecule has 1 saturated heterocycles. The maximum Gasteiger partial charge on any atom is 0.281 e. The molecule has 1 N–H and O–H groups in total. The van der Waals surface area contributed by atoms with Crippen molar-refractivity contribution in [2.24, 2.45) is 5.92 Å². The maximum absolute atomic E-state index is 14.3. The highest BCUT2D eigenvalue weighted by Gasteiger charge is 2.59. The lowest BCUT2D eigenvalue weighted by atomic mass is 9.74. The van der Waals surface area contributed by atoms with E-state index in [9.17, 15) is 27.6 Å². The van der Waals surface area contributed by atoms with Crippen LogP contribution >= 0.6 is 22.9 Å². The normalized spacial score (nSPS) is 21.2. The molecule has 0 bridgehead atoms. The third kappa shape index (κ3) is 4.97. The van der Waals surface area contributed by atoms with Gasteiger partial charge in [-0.05, 0) is 61.4 Å². The molecular formula is C28H25ClF3N5O3S. The van der Waals surface area contributed by atoms with Gasteiger partial charge in [0.25, 0.3) is 18.2 Å². The molecule has 1 aliphatic carbocycles. The van der Waals surface area contributed by atoms with Crippen molar-refractivity contribution in [1.29, 1.82) is 0 Å². The Morgan fingerprint density at radius 3 is 2.59 bits per heavy atom. The van der Waals surface area contributed by atoms with E-state index >= 15 is 0 Å². The van der Waals surface area contributed by atoms with Crippen LogP contribution in [0, 0.1) is 11.7 Å². The average Bonchev–Trinajstić information content (AvgIpc) is 3.54. The van der Waals surface area contributed by atoms with Crippen molar-refractivity contribution >= 4 is 46.3 Å². The van der Waals surface area contributed by atoms with Crippen molar-refractivity contribution < 1.29 is 27.6 Å². The molecular weight excluding hydrogens is 579 g/mol. The van der Waals surface area contributed by atoms with Gasteiger partial charge in [-0.3, -0.25) is 19.4 Å². The summed E-state index contributed by atoms with van der Waals surface area (Å²) in [7, 11) is 0. The molecule has 1 aromatic carbocycles. The molecule has 0 radical (unpaired) electrons.